The molecule has 1 heterocycles. The predicted octanol–water partition coefficient (Wildman–Crippen LogP) is 2.85. The van der Waals surface area contributed by atoms with Gasteiger partial charge in [-0.1, -0.05) is 6.92 Å². The molecule has 1 rings (SSSR count). The van der Waals surface area contributed by atoms with E-state index in [4.69, 9.17) is 9.15 Å². The Hall–Kier alpha value is -0.900. The molecule has 1 unspecified atom stereocenters. The summed E-state index contributed by atoms with van der Waals surface area (Å²) in [5.74, 6) is 1.82. The van der Waals surface area contributed by atoms with Crippen molar-refractivity contribution in [2.45, 2.75) is 32.1 Å². The summed E-state index contributed by atoms with van der Waals surface area (Å²) < 4.78 is 10.3. The van der Waals surface area contributed by atoms with E-state index in [2.05, 4.69) is 0 Å². The third-order valence-electron chi connectivity index (χ3n) is 1.95. The van der Waals surface area contributed by atoms with Crippen molar-refractivity contribution in [1.29, 1.82) is 0 Å². The molecule has 0 N–H and O–H groups in total. The summed E-state index contributed by atoms with van der Waals surface area (Å²) in [6, 6.07) is 3.74. The fraction of sp³-hybridized carbons (Fsp3) is 0.545. The first-order chi connectivity index (χ1) is 7.22. The smallest absolute Gasteiger partial charge is 0.316 e. The molecule has 0 aliphatic carbocycles. The second kappa shape index (κ2) is 6.56. The van der Waals surface area contributed by atoms with Gasteiger partial charge in [0.25, 0.3) is 0 Å². The number of carbonyl (C=O) groups excluding carboxylic acids is 1. The van der Waals surface area contributed by atoms with Gasteiger partial charge in [0.05, 0.1) is 23.9 Å². The maximum Gasteiger partial charge on any atom is 0.316 e. The molecule has 3 nitrogen and oxygen atoms in total. The Bertz CT molecular complexity index is 282. The lowest BCUT2D eigenvalue weighted by atomic mass is 10.3. The van der Waals surface area contributed by atoms with E-state index in [1.54, 1.807) is 6.26 Å². The van der Waals surface area contributed by atoms with Gasteiger partial charge in [-0.3, -0.25) is 4.79 Å². The molecule has 4 heteroatoms. The van der Waals surface area contributed by atoms with Gasteiger partial charge in [0.15, 0.2) is 0 Å². The van der Waals surface area contributed by atoms with Crippen molar-refractivity contribution in [3.05, 3.63) is 24.2 Å². The van der Waals surface area contributed by atoms with Crippen LogP contribution in [-0.4, -0.2) is 17.8 Å². The molecule has 0 aliphatic heterocycles. The van der Waals surface area contributed by atoms with E-state index >= 15 is 0 Å². The molecule has 0 aromatic carbocycles. The number of furan rings is 1. The van der Waals surface area contributed by atoms with Crippen molar-refractivity contribution >= 4 is 17.7 Å². The Morgan fingerprint density at radius 3 is 3.07 bits per heavy atom. The molecule has 0 aliphatic rings. The first-order valence-electron chi connectivity index (χ1n) is 5.02. The average Bonchev–Trinajstić information content (AvgIpc) is 2.70. The van der Waals surface area contributed by atoms with Crippen LogP contribution in [0.25, 0.3) is 0 Å². The Labute approximate surface area is 94.2 Å². The zero-order valence-electron chi connectivity index (χ0n) is 9.06. The van der Waals surface area contributed by atoms with Crippen molar-refractivity contribution in [2.75, 3.05) is 5.75 Å². The second-order valence-corrected chi connectivity index (χ2v) is 4.27. The summed E-state index contributed by atoms with van der Waals surface area (Å²) in [5, 5.41) is 0. The van der Waals surface area contributed by atoms with E-state index < -0.39 is 0 Å². The van der Waals surface area contributed by atoms with Crippen molar-refractivity contribution in [2.24, 2.45) is 0 Å². The predicted molar refractivity (Wildman–Crippen MR) is 60.7 cm³/mol. The highest BCUT2D eigenvalue weighted by atomic mass is 32.2. The van der Waals surface area contributed by atoms with Gasteiger partial charge in [0, 0.05) is 0 Å². The Morgan fingerprint density at radius 2 is 2.47 bits per heavy atom. The summed E-state index contributed by atoms with van der Waals surface area (Å²) in [6.45, 7) is 3.89. The summed E-state index contributed by atoms with van der Waals surface area (Å²) in [7, 11) is 0. The second-order valence-electron chi connectivity index (χ2n) is 3.28. The SMILES string of the molecule is CCC(C)OC(=O)CSCc1ccco1. The third kappa shape index (κ3) is 4.93. The largest absolute Gasteiger partial charge is 0.468 e. The number of thioether (sulfide) groups is 1. The van der Waals surface area contributed by atoms with E-state index in [1.807, 2.05) is 26.0 Å². The van der Waals surface area contributed by atoms with Crippen LogP contribution in [0.4, 0.5) is 0 Å². The first-order valence-corrected chi connectivity index (χ1v) is 6.17. The van der Waals surface area contributed by atoms with Crippen molar-refractivity contribution in [1.82, 2.24) is 0 Å². The minimum absolute atomic E-state index is 0.0155. The number of ether oxygens (including phenoxy) is 1. The molecule has 1 aromatic rings. The highest BCUT2D eigenvalue weighted by molar-refractivity contribution is 7.99. The highest BCUT2D eigenvalue weighted by Crippen LogP contribution is 2.12. The van der Waals surface area contributed by atoms with Crippen LogP contribution in [-0.2, 0) is 15.3 Å². The zero-order chi connectivity index (χ0) is 11.1. The molecule has 0 saturated carbocycles. The zero-order valence-corrected chi connectivity index (χ0v) is 9.88. The van der Waals surface area contributed by atoms with Gasteiger partial charge in [0.2, 0.25) is 0 Å². The van der Waals surface area contributed by atoms with Crippen LogP contribution in [0.2, 0.25) is 0 Å². The van der Waals surface area contributed by atoms with Crippen LogP contribution in [0.1, 0.15) is 26.0 Å². The van der Waals surface area contributed by atoms with Gasteiger partial charge >= 0.3 is 5.97 Å². The topological polar surface area (TPSA) is 39.4 Å². The summed E-state index contributed by atoms with van der Waals surface area (Å²) >= 11 is 1.50. The summed E-state index contributed by atoms with van der Waals surface area (Å²) in [5.41, 5.74) is 0. The van der Waals surface area contributed by atoms with Crippen LogP contribution in [0.3, 0.4) is 0 Å². The monoisotopic (exact) mass is 228 g/mol. The molecule has 0 bridgehead atoms. The fourth-order valence-corrected chi connectivity index (χ4v) is 1.67. The number of carbonyl (C=O) groups is 1. The molecule has 1 aromatic heterocycles. The van der Waals surface area contributed by atoms with Crippen LogP contribution < -0.4 is 0 Å². The van der Waals surface area contributed by atoms with Crippen LogP contribution in [0, 0.1) is 0 Å². The lowest BCUT2D eigenvalue weighted by molar-refractivity contribution is -0.144. The Kier molecular flexibility index (Phi) is 5.32. The number of hydrogen-bond donors (Lipinski definition) is 0. The molecule has 1 atom stereocenters. The number of hydrogen-bond acceptors (Lipinski definition) is 4. The molecule has 0 amide bonds. The summed E-state index contributed by atoms with van der Waals surface area (Å²) in [4.78, 5) is 11.3. The minimum Gasteiger partial charge on any atom is -0.468 e. The Balaban J connectivity index is 2.12. The van der Waals surface area contributed by atoms with Gasteiger partial charge in [-0.25, -0.2) is 0 Å². The lowest BCUT2D eigenvalue weighted by Crippen LogP contribution is -2.15. The Morgan fingerprint density at radius 1 is 1.67 bits per heavy atom. The van der Waals surface area contributed by atoms with E-state index in [0.717, 1.165) is 12.2 Å². The van der Waals surface area contributed by atoms with Crippen LogP contribution in [0.5, 0.6) is 0 Å². The van der Waals surface area contributed by atoms with Gasteiger partial charge in [-0.05, 0) is 25.5 Å². The molecule has 0 fully saturated rings. The van der Waals surface area contributed by atoms with Crippen molar-refractivity contribution < 1.29 is 13.9 Å². The van der Waals surface area contributed by atoms with E-state index in [1.165, 1.54) is 11.8 Å². The lowest BCUT2D eigenvalue weighted by Gasteiger charge is -2.09. The molecule has 0 radical (unpaired) electrons. The highest BCUT2D eigenvalue weighted by Gasteiger charge is 2.07. The first kappa shape index (κ1) is 12.2. The van der Waals surface area contributed by atoms with Gasteiger partial charge < -0.3 is 9.15 Å². The summed E-state index contributed by atoms with van der Waals surface area (Å²) in [6.07, 6.45) is 2.50. The molecule has 0 spiro atoms. The number of rotatable bonds is 6. The maximum atomic E-state index is 11.3. The van der Waals surface area contributed by atoms with Crippen LogP contribution in [0.15, 0.2) is 22.8 Å². The van der Waals surface area contributed by atoms with E-state index in [0.29, 0.717) is 11.5 Å². The fourth-order valence-electron chi connectivity index (χ4n) is 0.971. The number of esters is 1. The molecule has 15 heavy (non-hydrogen) atoms. The van der Waals surface area contributed by atoms with Crippen molar-refractivity contribution in [3.8, 4) is 0 Å². The van der Waals surface area contributed by atoms with Gasteiger partial charge in [-0.2, -0.15) is 0 Å². The third-order valence-corrected chi connectivity index (χ3v) is 2.88. The molecular weight excluding hydrogens is 212 g/mol. The molecule has 84 valence electrons. The van der Waals surface area contributed by atoms with E-state index in [9.17, 15) is 4.79 Å². The standard InChI is InChI=1S/C11H16O3S/c1-3-9(2)14-11(12)8-15-7-10-5-4-6-13-10/h4-6,9H,3,7-8H2,1-2H3. The van der Waals surface area contributed by atoms with E-state index in [-0.39, 0.29) is 12.1 Å². The van der Waals surface area contributed by atoms with Gasteiger partial charge in [-0.15, -0.1) is 11.8 Å². The quantitative estimate of drug-likeness (QED) is 0.702. The molecular formula is C11H16O3S. The van der Waals surface area contributed by atoms with Gasteiger partial charge in [0.1, 0.15) is 5.76 Å². The molecule has 0 saturated heterocycles. The van der Waals surface area contributed by atoms with Crippen LogP contribution >= 0.6 is 11.8 Å². The van der Waals surface area contributed by atoms with Crippen molar-refractivity contribution in [3.63, 3.8) is 0 Å². The average molecular weight is 228 g/mol. The minimum atomic E-state index is -0.152. The maximum absolute atomic E-state index is 11.3. The normalized spacial score (nSPS) is 12.4.